The third-order valence-corrected chi connectivity index (χ3v) is 3.54. The van der Waals surface area contributed by atoms with Crippen molar-refractivity contribution < 1.29 is 9.53 Å². The lowest BCUT2D eigenvalue weighted by Gasteiger charge is -2.09. The lowest BCUT2D eigenvalue weighted by atomic mass is 10.2. The van der Waals surface area contributed by atoms with E-state index in [0.717, 1.165) is 30.4 Å². The maximum Gasteiger partial charge on any atom is 0.267 e. The Labute approximate surface area is 112 Å². The standard InChI is InChI=1S/C15H18N2O2/c1-10-4-5-13-11(7-10)8-14(17-13)15(18)16-9-12-3-2-6-19-12/h4-5,7-8,12,17H,2-3,6,9H2,1H3,(H,16,18)/t12-/m0/s1. The Morgan fingerprint density at radius 1 is 1.47 bits per heavy atom. The van der Waals surface area contributed by atoms with Gasteiger partial charge in [-0.25, -0.2) is 0 Å². The molecule has 1 saturated heterocycles. The van der Waals surface area contributed by atoms with Gasteiger partial charge in [-0.05, 0) is 38.0 Å². The monoisotopic (exact) mass is 258 g/mol. The van der Waals surface area contributed by atoms with E-state index < -0.39 is 0 Å². The van der Waals surface area contributed by atoms with Crippen LogP contribution in [0, 0.1) is 6.92 Å². The average molecular weight is 258 g/mol. The van der Waals surface area contributed by atoms with E-state index in [4.69, 9.17) is 4.74 Å². The summed E-state index contributed by atoms with van der Waals surface area (Å²) >= 11 is 0. The maximum absolute atomic E-state index is 12.1. The number of amides is 1. The number of nitrogens with one attached hydrogen (secondary N) is 2. The molecule has 3 rings (SSSR count). The van der Waals surface area contributed by atoms with Crippen LogP contribution in [0.5, 0.6) is 0 Å². The summed E-state index contributed by atoms with van der Waals surface area (Å²) in [5.74, 6) is -0.0654. The summed E-state index contributed by atoms with van der Waals surface area (Å²) in [6, 6.07) is 8.00. The van der Waals surface area contributed by atoms with Crippen LogP contribution >= 0.6 is 0 Å². The second kappa shape index (κ2) is 5.05. The Balaban J connectivity index is 1.70. The number of carbonyl (C=O) groups is 1. The molecule has 0 radical (unpaired) electrons. The topological polar surface area (TPSA) is 54.1 Å². The average Bonchev–Trinajstić information content (AvgIpc) is 3.04. The van der Waals surface area contributed by atoms with Crippen LogP contribution in [-0.2, 0) is 4.74 Å². The van der Waals surface area contributed by atoms with Gasteiger partial charge in [0.05, 0.1) is 6.10 Å². The lowest BCUT2D eigenvalue weighted by molar-refractivity contribution is 0.0854. The van der Waals surface area contributed by atoms with E-state index >= 15 is 0 Å². The van der Waals surface area contributed by atoms with E-state index in [-0.39, 0.29) is 12.0 Å². The summed E-state index contributed by atoms with van der Waals surface area (Å²) in [5, 5.41) is 3.99. The minimum Gasteiger partial charge on any atom is -0.376 e. The van der Waals surface area contributed by atoms with Crippen molar-refractivity contribution in [2.75, 3.05) is 13.2 Å². The number of rotatable bonds is 3. The van der Waals surface area contributed by atoms with Crippen LogP contribution in [0.4, 0.5) is 0 Å². The molecule has 1 aromatic carbocycles. The quantitative estimate of drug-likeness (QED) is 0.888. The first-order valence-corrected chi connectivity index (χ1v) is 6.71. The highest BCUT2D eigenvalue weighted by Crippen LogP contribution is 2.17. The van der Waals surface area contributed by atoms with Crippen LogP contribution < -0.4 is 5.32 Å². The Hall–Kier alpha value is -1.81. The van der Waals surface area contributed by atoms with Crippen LogP contribution in [0.15, 0.2) is 24.3 Å². The SMILES string of the molecule is Cc1ccc2[nH]c(C(=O)NC[C@@H]3CCCO3)cc2c1. The molecule has 1 aliphatic rings. The highest BCUT2D eigenvalue weighted by atomic mass is 16.5. The lowest BCUT2D eigenvalue weighted by Crippen LogP contribution is -2.31. The van der Waals surface area contributed by atoms with E-state index in [2.05, 4.69) is 16.4 Å². The van der Waals surface area contributed by atoms with E-state index in [1.54, 1.807) is 0 Å². The first kappa shape index (κ1) is 12.2. The van der Waals surface area contributed by atoms with Crippen molar-refractivity contribution in [2.45, 2.75) is 25.9 Å². The van der Waals surface area contributed by atoms with Crippen molar-refractivity contribution in [1.82, 2.24) is 10.3 Å². The molecule has 1 amide bonds. The van der Waals surface area contributed by atoms with Gasteiger partial charge < -0.3 is 15.0 Å². The third kappa shape index (κ3) is 2.63. The normalized spacial score (nSPS) is 18.9. The molecule has 4 heteroatoms. The van der Waals surface area contributed by atoms with Crippen LogP contribution in [0.25, 0.3) is 10.9 Å². The predicted molar refractivity (Wildman–Crippen MR) is 74.3 cm³/mol. The summed E-state index contributed by atoms with van der Waals surface area (Å²) in [4.78, 5) is 15.2. The van der Waals surface area contributed by atoms with Crippen molar-refractivity contribution in [3.05, 3.63) is 35.5 Å². The molecule has 1 atom stereocenters. The number of H-pyrrole nitrogens is 1. The maximum atomic E-state index is 12.1. The van der Waals surface area contributed by atoms with E-state index in [1.807, 2.05) is 25.1 Å². The van der Waals surface area contributed by atoms with Gasteiger partial charge in [-0.15, -0.1) is 0 Å². The number of aryl methyl sites for hydroxylation is 1. The van der Waals surface area contributed by atoms with Crippen LogP contribution in [0.2, 0.25) is 0 Å². The molecule has 1 aromatic heterocycles. The molecule has 0 aliphatic carbocycles. The molecule has 4 nitrogen and oxygen atoms in total. The highest BCUT2D eigenvalue weighted by Gasteiger charge is 2.17. The number of aromatic nitrogens is 1. The van der Waals surface area contributed by atoms with Crippen molar-refractivity contribution in [3.63, 3.8) is 0 Å². The Morgan fingerprint density at radius 3 is 3.16 bits per heavy atom. The minimum atomic E-state index is -0.0654. The number of ether oxygens (including phenoxy) is 1. The summed E-state index contributed by atoms with van der Waals surface area (Å²) < 4.78 is 5.49. The predicted octanol–water partition coefficient (Wildman–Crippen LogP) is 2.39. The van der Waals surface area contributed by atoms with Gasteiger partial charge in [-0.3, -0.25) is 4.79 Å². The second-order valence-electron chi connectivity index (χ2n) is 5.12. The molecule has 100 valence electrons. The van der Waals surface area contributed by atoms with Gasteiger partial charge in [0.15, 0.2) is 0 Å². The molecule has 19 heavy (non-hydrogen) atoms. The van der Waals surface area contributed by atoms with Gasteiger partial charge in [0.1, 0.15) is 5.69 Å². The molecule has 0 saturated carbocycles. The van der Waals surface area contributed by atoms with Gasteiger partial charge in [0, 0.05) is 24.1 Å². The van der Waals surface area contributed by atoms with Crippen molar-refractivity contribution in [1.29, 1.82) is 0 Å². The van der Waals surface area contributed by atoms with E-state index in [9.17, 15) is 4.79 Å². The third-order valence-electron chi connectivity index (χ3n) is 3.54. The van der Waals surface area contributed by atoms with Crippen LogP contribution in [0.1, 0.15) is 28.9 Å². The molecule has 2 N–H and O–H groups in total. The Bertz CT molecular complexity index is 597. The number of carbonyl (C=O) groups excluding carboxylic acids is 1. The molecule has 0 bridgehead atoms. The van der Waals surface area contributed by atoms with Gasteiger partial charge in [-0.1, -0.05) is 11.6 Å². The smallest absolute Gasteiger partial charge is 0.267 e. The minimum absolute atomic E-state index is 0.0654. The Morgan fingerprint density at radius 2 is 2.37 bits per heavy atom. The zero-order chi connectivity index (χ0) is 13.2. The van der Waals surface area contributed by atoms with E-state index in [0.29, 0.717) is 12.2 Å². The fourth-order valence-corrected chi connectivity index (χ4v) is 2.48. The number of benzene rings is 1. The molecular weight excluding hydrogens is 240 g/mol. The van der Waals surface area contributed by atoms with Crippen molar-refractivity contribution in [2.24, 2.45) is 0 Å². The number of hydrogen-bond donors (Lipinski definition) is 2. The zero-order valence-corrected chi connectivity index (χ0v) is 11.0. The Kier molecular flexibility index (Phi) is 3.25. The number of aromatic amines is 1. The summed E-state index contributed by atoms with van der Waals surface area (Å²) in [5.41, 5.74) is 2.80. The van der Waals surface area contributed by atoms with Gasteiger partial charge in [0.25, 0.3) is 5.91 Å². The fraction of sp³-hybridized carbons (Fsp3) is 0.400. The first-order valence-electron chi connectivity index (χ1n) is 6.71. The fourth-order valence-electron chi connectivity index (χ4n) is 2.48. The summed E-state index contributed by atoms with van der Waals surface area (Å²) in [6.45, 7) is 3.45. The van der Waals surface area contributed by atoms with Gasteiger partial charge in [-0.2, -0.15) is 0 Å². The van der Waals surface area contributed by atoms with Crippen molar-refractivity contribution >= 4 is 16.8 Å². The van der Waals surface area contributed by atoms with Crippen LogP contribution in [-0.4, -0.2) is 30.1 Å². The molecule has 1 fully saturated rings. The zero-order valence-electron chi connectivity index (χ0n) is 11.0. The molecule has 2 heterocycles. The first-order chi connectivity index (χ1) is 9.22. The van der Waals surface area contributed by atoms with Gasteiger partial charge in [0.2, 0.25) is 0 Å². The second-order valence-corrected chi connectivity index (χ2v) is 5.12. The van der Waals surface area contributed by atoms with E-state index in [1.165, 1.54) is 5.56 Å². The molecule has 0 spiro atoms. The molecule has 0 unspecified atom stereocenters. The highest BCUT2D eigenvalue weighted by molar-refractivity contribution is 5.98. The molecule has 1 aliphatic heterocycles. The summed E-state index contributed by atoms with van der Waals surface area (Å²) in [6.07, 6.45) is 2.30. The largest absolute Gasteiger partial charge is 0.376 e. The molecular formula is C15H18N2O2. The van der Waals surface area contributed by atoms with Crippen LogP contribution in [0.3, 0.4) is 0 Å². The summed E-state index contributed by atoms with van der Waals surface area (Å²) in [7, 11) is 0. The van der Waals surface area contributed by atoms with Crippen molar-refractivity contribution in [3.8, 4) is 0 Å². The number of fused-ring (bicyclic) bond motifs is 1. The van der Waals surface area contributed by atoms with Gasteiger partial charge >= 0.3 is 0 Å². The number of hydrogen-bond acceptors (Lipinski definition) is 2. The molecule has 2 aromatic rings.